The van der Waals surface area contributed by atoms with Crippen molar-refractivity contribution in [1.29, 1.82) is 0 Å². The van der Waals surface area contributed by atoms with Crippen LogP contribution in [0.1, 0.15) is 25.3 Å². The summed E-state index contributed by atoms with van der Waals surface area (Å²) in [5, 5.41) is 15.2. The first-order chi connectivity index (χ1) is 15.8. The number of allylic oxidation sites excluding steroid dienone is 2. The van der Waals surface area contributed by atoms with Crippen molar-refractivity contribution in [2.75, 3.05) is 7.11 Å². The third kappa shape index (κ3) is 3.96. The first-order valence-corrected chi connectivity index (χ1v) is 10.0. The molecule has 0 radical (unpaired) electrons. The van der Waals surface area contributed by atoms with Crippen molar-refractivity contribution in [3.63, 3.8) is 0 Å². The number of methoxy groups -OCH3 is 1. The Balaban J connectivity index is 2.02. The highest BCUT2D eigenvalue weighted by molar-refractivity contribution is 5.83. The second-order valence-corrected chi connectivity index (χ2v) is 7.44. The van der Waals surface area contributed by atoms with Gasteiger partial charge in [-0.15, -0.1) is 0 Å². The number of dihydropyridines is 1. The van der Waals surface area contributed by atoms with Crippen LogP contribution in [0, 0.1) is 10.1 Å². The summed E-state index contributed by atoms with van der Waals surface area (Å²) in [6.45, 7) is 3.18. The van der Waals surface area contributed by atoms with Crippen molar-refractivity contribution in [1.82, 2.24) is 5.32 Å². The maximum absolute atomic E-state index is 12.9. The Morgan fingerprint density at radius 2 is 1.82 bits per heavy atom. The molecule has 0 aliphatic carbocycles. The van der Waals surface area contributed by atoms with Gasteiger partial charge in [0.05, 0.1) is 28.8 Å². The van der Waals surface area contributed by atoms with Gasteiger partial charge in [-0.05, 0) is 19.9 Å². The van der Waals surface area contributed by atoms with E-state index in [2.05, 4.69) is 10.1 Å². The van der Waals surface area contributed by atoms with Crippen LogP contribution in [-0.4, -0.2) is 18.2 Å². The van der Waals surface area contributed by atoms with Gasteiger partial charge in [0.1, 0.15) is 23.0 Å². The molecule has 33 heavy (non-hydrogen) atoms. The van der Waals surface area contributed by atoms with Gasteiger partial charge < -0.3 is 19.2 Å². The van der Waals surface area contributed by atoms with Gasteiger partial charge in [0.2, 0.25) is 0 Å². The largest absolute Gasteiger partial charge is 0.513 e. The molecular weight excluding hydrogens is 428 g/mol. The summed E-state index contributed by atoms with van der Waals surface area (Å²) in [7, 11) is 1.14. The highest BCUT2D eigenvalue weighted by Crippen LogP contribution is 2.41. The molecule has 4 rings (SSSR count). The molecule has 1 N–H and O–H groups in total. The van der Waals surface area contributed by atoms with Gasteiger partial charge in [0.15, 0.2) is 5.43 Å². The highest BCUT2D eigenvalue weighted by Gasteiger charge is 2.41. The number of nitrogens with one attached hydrogen (secondary N) is 1. The molecule has 1 aliphatic heterocycles. The molecule has 2 heterocycles. The highest BCUT2D eigenvalue weighted by atomic mass is 16.7. The maximum atomic E-state index is 12.9. The zero-order valence-corrected chi connectivity index (χ0v) is 18.1. The Hall–Kier alpha value is -4.40. The summed E-state index contributed by atoms with van der Waals surface area (Å²) >= 11 is 0. The fourth-order valence-corrected chi connectivity index (χ4v) is 3.93. The number of carbonyl (C=O) groups is 1. The zero-order chi connectivity index (χ0) is 23.7. The molecule has 9 heteroatoms. The SMILES string of the molecule is COC(=O)OC1=C(C)NC(C)=C([N+](=O)[O-])C1c1cccc2c(=O)cc(-c3ccccc3)oc12. The number of carbonyl (C=O) groups excluding carboxylic acids is 1. The third-order valence-corrected chi connectivity index (χ3v) is 5.38. The average Bonchev–Trinajstić information content (AvgIpc) is 2.80. The molecule has 0 saturated heterocycles. The molecule has 0 spiro atoms. The van der Waals surface area contributed by atoms with E-state index in [0.717, 1.165) is 7.11 Å². The van der Waals surface area contributed by atoms with E-state index in [1.54, 1.807) is 44.2 Å². The van der Waals surface area contributed by atoms with E-state index < -0.39 is 17.0 Å². The van der Waals surface area contributed by atoms with Crippen molar-refractivity contribution in [3.8, 4) is 11.3 Å². The number of hydrogen-bond acceptors (Lipinski definition) is 8. The number of benzene rings is 2. The number of fused-ring (bicyclic) bond motifs is 1. The molecule has 3 aromatic rings. The molecule has 2 aromatic carbocycles. The van der Waals surface area contributed by atoms with Gasteiger partial charge in [0, 0.05) is 17.2 Å². The lowest BCUT2D eigenvalue weighted by molar-refractivity contribution is -0.431. The number of nitro groups is 1. The van der Waals surface area contributed by atoms with E-state index >= 15 is 0 Å². The molecule has 1 aromatic heterocycles. The van der Waals surface area contributed by atoms with Crippen LogP contribution in [0.4, 0.5) is 4.79 Å². The molecule has 168 valence electrons. The summed E-state index contributed by atoms with van der Waals surface area (Å²) < 4.78 is 16.1. The Kier molecular flexibility index (Phi) is 5.70. The summed E-state index contributed by atoms with van der Waals surface area (Å²) in [6.07, 6.45) is -1.02. The van der Waals surface area contributed by atoms with E-state index in [0.29, 0.717) is 22.6 Å². The molecule has 1 aliphatic rings. The van der Waals surface area contributed by atoms with Gasteiger partial charge >= 0.3 is 6.16 Å². The lowest BCUT2D eigenvalue weighted by Gasteiger charge is -2.26. The Morgan fingerprint density at radius 1 is 1.09 bits per heavy atom. The van der Waals surface area contributed by atoms with E-state index in [-0.39, 0.29) is 33.6 Å². The standard InChI is InChI=1S/C24H20N2O7/c1-13-21(26(29)30)20(22(14(2)25-13)33-24(28)31-3)17-11-7-10-16-18(27)12-19(32-23(16)17)15-8-5-4-6-9-15/h4-12,20,25H,1-3H3. The number of hydrogen-bond donors (Lipinski definition) is 1. The van der Waals surface area contributed by atoms with Crippen LogP contribution in [0.15, 0.2) is 86.7 Å². The summed E-state index contributed by atoms with van der Waals surface area (Å²) in [5.41, 5.74) is 1.29. The molecule has 0 amide bonds. The number of nitrogens with zero attached hydrogens (tertiary/aromatic N) is 1. The third-order valence-electron chi connectivity index (χ3n) is 5.38. The minimum Gasteiger partial charge on any atom is -0.455 e. The fourth-order valence-electron chi connectivity index (χ4n) is 3.93. The second kappa shape index (κ2) is 8.62. The Morgan fingerprint density at radius 3 is 2.48 bits per heavy atom. The lowest BCUT2D eigenvalue weighted by atomic mass is 9.88. The predicted molar refractivity (Wildman–Crippen MR) is 120 cm³/mol. The normalized spacial score (nSPS) is 15.9. The molecule has 1 atom stereocenters. The molecular formula is C24H20N2O7. The smallest absolute Gasteiger partial charge is 0.455 e. The van der Waals surface area contributed by atoms with Gasteiger partial charge in [-0.25, -0.2) is 4.79 Å². The molecule has 0 bridgehead atoms. The Labute approximate surface area is 188 Å². The first-order valence-electron chi connectivity index (χ1n) is 10.0. The van der Waals surface area contributed by atoms with Gasteiger partial charge in [-0.1, -0.05) is 42.5 Å². The number of para-hydroxylation sites is 1. The minimum atomic E-state index is -1.13. The number of rotatable bonds is 4. The van der Waals surface area contributed by atoms with Gasteiger partial charge in [0.25, 0.3) is 5.70 Å². The zero-order valence-electron chi connectivity index (χ0n) is 18.1. The van der Waals surface area contributed by atoms with Crippen LogP contribution in [-0.2, 0) is 9.47 Å². The van der Waals surface area contributed by atoms with E-state index in [4.69, 9.17) is 9.15 Å². The Bertz CT molecular complexity index is 1390. The van der Waals surface area contributed by atoms with Crippen molar-refractivity contribution >= 4 is 17.1 Å². The first kappa shape index (κ1) is 21.8. The van der Waals surface area contributed by atoms with Crippen LogP contribution in [0.3, 0.4) is 0 Å². The summed E-state index contributed by atoms with van der Waals surface area (Å²) in [5.74, 6) is -0.827. The van der Waals surface area contributed by atoms with Crippen molar-refractivity contribution in [3.05, 3.63) is 103 Å². The molecule has 1 unspecified atom stereocenters. The van der Waals surface area contributed by atoms with E-state index in [9.17, 15) is 19.7 Å². The van der Waals surface area contributed by atoms with Crippen molar-refractivity contribution in [2.24, 2.45) is 0 Å². The van der Waals surface area contributed by atoms with E-state index in [1.165, 1.54) is 6.07 Å². The maximum Gasteiger partial charge on any atom is 0.513 e. The topological polar surface area (TPSA) is 121 Å². The minimum absolute atomic E-state index is 0.0144. The van der Waals surface area contributed by atoms with Crippen molar-refractivity contribution in [2.45, 2.75) is 19.8 Å². The average molecular weight is 448 g/mol. The lowest BCUT2D eigenvalue weighted by Crippen LogP contribution is -2.30. The van der Waals surface area contributed by atoms with Crippen LogP contribution in [0.5, 0.6) is 0 Å². The van der Waals surface area contributed by atoms with Crippen LogP contribution in [0.25, 0.3) is 22.3 Å². The molecule has 9 nitrogen and oxygen atoms in total. The summed E-state index contributed by atoms with van der Waals surface area (Å²) in [4.78, 5) is 36.4. The predicted octanol–water partition coefficient (Wildman–Crippen LogP) is 4.67. The van der Waals surface area contributed by atoms with Gasteiger partial charge in [-0.3, -0.25) is 14.9 Å². The quantitative estimate of drug-likeness (QED) is 0.347. The van der Waals surface area contributed by atoms with E-state index in [1.807, 2.05) is 18.2 Å². The number of ether oxygens (including phenoxy) is 2. The van der Waals surface area contributed by atoms with Crippen LogP contribution < -0.4 is 10.7 Å². The van der Waals surface area contributed by atoms with Crippen LogP contribution in [0.2, 0.25) is 0 Å². The molecule has 0 saturated carbocycles. The van der Waals surface area contributed by atoms with Crippen molar-refractivity contribution < 1.29 is 23.6 Å². The fraction of sp³-hybridized carbons (Fsp3) is 0.167. The molecule has 0 fully saturated rings. The summed E-state index contributed by atoms with van der Waals surface area (Å²) in [6, 6.07) is 15.2. The monoisotopic (exact) mass is 448 g/mol. The van der Waals surface area contributed by atoms with Gasteiger partial charge in [-0.2, -0.15) is 0 Å². The second-order valence-electron chi connectivity index (χ2n) is 7.44. The van der Waals surface area contributed by atoms with Crippen LogP contribution >= 0.6 is 0 Å².